The number of nitro groups is 1. The summed E-state index contributed by atoms with van der Waals surface area (Å²) in [5.41, 5.74) is 0.318. The van der Waals surface area contributed by atoms with Gasteiger partial charge in [0.2, 0.25) is 0 Å². The molecule has 0 amide bonds. The summed E-state index contributed by atoms with van der Waals surface area (Å²) in [6, 6.07) is 7.64. The molecule has 0 aliphatic rings. The summed E-state index contributed by atoms with van der Waals surface area (Å²) in [6.45, 7) is 0. The van der Waals surface area contributed by atoms with E-state index in [-0.39, 0.29) is 11.5 Å². The summed E-state index contributed by atoms with van der Waals surface area (Å²) >= 11 is 0. The van der Waals surface area contributed by atoms with Gasteiger partial charge in [0, 0.05) is 5.56 Å². The lowest BCUT2D eigenvalue weighted by Gasteiger charge is -1.94. The van der Waals surface area contributed by atoms with E-state index in [1.807, 2.05) is 0 Å². The second-order valence-electron chi connectivity index (χ2n) is 3.64. The first-order valence-corrected chi connectivity index (χ1v) is 5.28. The van der Waals surface area contributed by atoms with Crippen molar-refractivity contribution >= 4 is 17.7 Å². The Labute approximate surface area is 107 Å². The molecule has 0 radical (unpaired) electrons. The molecule has 0 aliphatic heterocycles. The van der Waals surface area contributed by atoms with E-state index in [2.05, 4.69) is 0 Å². The fourth-order valence-corrected chi connectivity index (χ4v) is 1.40. The molecule has 0 unspecified atom stereocenters. The van der Waals surface area contributed by atoms with Gasteiger partial charge in [-0.15, -0.1) is 0 Å². The van der Waals surface area contributed by atoms with Crippen molar-refractivity contribution in [2.45, 2.75) is 0 Å². The monoisotopic (exact) mass is 261 g/mol. The van der Waals surface area contributed by atoms with Crippen molar-refractivity contribution in [3.63, 3.8) is 0 Å². The molecule has 2 aromatic rings. The lowest BCUT2D eigenvalue weighted by atomic mass is 10.1. The van der Waals surface area contributed by atoms with Gasteiger partial charge in [0.1, 0.15) is 16.5 Å². The van der Waals surface area contributed by atoms with Crippen LogP contribution in [-0.2, 0) is 0 Å². The molecule has 96 valence electrons. The van der Waals surface area contributed by atoms with Crippen LogP contribution < -0.4 is 0 Å². The summed E-state index contributed by atoms with van der Waals surface area (Å²) < 4.78 is 17.5. The second-order valence-corrected chi connectivity index (χ2v) is 3.64. The van der Waals surface area contributed by atoms with Crippen LogP contribution in [0.1, 0.15) is 16.1 Å². The van der Waals surface area contributed by atoms with E-state index < -0.39 is 16.6 Å². The maximum atomic E-state index is 12.7. The van der Waals surface area contributed by atoms with E-state index >= 15 is 0 Å². The van der Waals surface area contributed by atoms with Crippen molar-refractivity contribution in [3.8, 4) is 0 Å². The molecule has 0 bridgehead atoms. The Bertz CT molecular complexity index is 643. The smallest absolute Gasteiger partial charge is 0.401 e. The standard InChI is InChI=1S/C13H8FNO4/c14-10-3-1-9(2-4-10)12(16)7-5-11-6-8-13(19-11)15(17)18/h1-8H/b7-5+. The topological polar surface area (TPSA) is 73.3 Å². The molecule has 1 aromatic carbocycles. The van der Waals surface area contributed by atoms with E-state index in [0.29, 0.717) is 5.56 Å². The highest BCUT2D eigenvalue weighted by Gasteiger charge is 2.10. The summed E-state index contributed by atoms with van der Waals surface area (Å²) in [5, 5.41) is 10.4. The molecule has 6 heteroatoms. The molecular weight excluding hydrogens is 253 g/mol. The third kappa shape index (κ3) is 3.12. The van der Waals surface area contributed by atoms with Crippen LogP contribution >= 0.6 is 0 Å². The molecule has 0 N–H and O–H groups in total. The number of allylic oxidation sites excluding steroid dienone is 1. The predicted octanol–water partition coefficient (Wildman–Crippen LogP) is 3.22. The van der Waals surface area contributed by atoms with Gasteiger partial charge in [0.15, 0.2) is 5.78 Å². The predicted molar refractivity (Wildman–Crippen MR) is 65.1 cm³/mol. The molecule has 0 spiro atoms. The molecule has 5 nitrogen and oxygen atoms in total. The minimum absolute atomic E-state index is 0.196. The Morgan fingerprint density at radius 1 is 1.21 bits per heavy atom. The zero-order valence-electron chi connectivity index (χ0n) is 9.58. The number of rotatable bonds is 4. The zero-order chi connectivity index (χ0) is 13.8. The van der Waals surface area contributed by atoms with Gasteiger partial charge in [-0.25, -0.2) is 4.39 Å². The van der Waals surface area contributed by atoms with Gasteiger partial charge in [0.05, 0.1) is 6.07 Å². The van der Waals surface area contributed by atoms with Gasteiger partial charge < -0.3 is 4.42 Å². The van der Waals surface area contributed by atoms with Crippen molar-refractivity contribution in [3.05, 3.63) is 69.7 Å². The first-order valence-electron chi connectivity index (χ1n) is 5.28. The molecule has 1 heterocycles. The third-order valence-electron chi connectivity index (χ3n) is 2.32. The van der Waals surface area contributed by atoms with Crippen LogP contribution in [0.15, 0.2) is 46.9 Å². The van der Waals surface area contributed by atoms with Crippen LogP contribution in [0.2, 0.25) is 0 Å². The Morgan fingerprint density at radius 3 is 2.47 bits per heavy atom. The van der Waals surface area contributed by atoms with Crippen LogP contribution in [0.4, 0.5) is 10.3 Å². The number of nitrogens with zero attached hydrogens (tertiary/aromatic N) is 1. The van der Waals surface area contributed by atoms with E-state index in [1.165, 1.54) is 48.6 Å². The third-order valence-corrected chi connectivity index (χ3v) is 2.32. The van der Waals surface area contributed by atoms with Gasteiger partial charge in [0.25, 0.3) is 0 Å². The quantitative estimate of drug-likeness (QED) is 0.366. The summed E-state index contributed by atoms with van der Waals surface area (Å²) in [7, 11) is 0. The maximum absolute atomic E-state index is 12.7. The minimum Gasteiger partial charge on any atom is -0.401 e. The number of ketones is 1. The highest BCUT2D eigenvalue weighted by atomic mass is 19.1. The number of hydrogen-bond acceptors (Lipinski definition) is 4. The maximum Gasteiger partial charge on any atom is 0.433 e. The van der Waals surface area contributed by atoms with E-state index in [9.17, 15) is 19.3 Å². The number of halogens is 1. The average Bonchev–Trinajstić information content (AvgIpc) is 2.86. The molecular formula is C13H8FNO4. The lowest BCUT2D eigenvalue weighted by Crippen LogP contribution is -1.93. The van der Waals surface area contributed by atoms with Gasteiger partial charge in [-0.05, 0) is 42.5 Å². The van der Waals surface area contributed by atoms with Crippen molar-refractivity contribution in [1.29, 1.82) is 0 Å². The highest BCUT2D eigenvalue weighted by molar-refractivity contribution is 6.06. The van der Waals surface area contributed by atoms with Crippen LogP contribution in [0.25, 0.3) is 6.08 Å². The first-order chi connectivity index (χ1) is 9.06. The number of carbonyl (C=O) groups excluding carboxylic acids is 1. The SMILES string of the molecule is O=C(/C=C/c1ccc([N+](=O)[O-])o1)c1ccc(F)cc1. The minimum atomic E-state index is -0.668. The van der Waals surface area contributed by atoms with Crippen molar-refractivity contribution < 1.29 is 18.5 Å². The molecule has 2 rings (SSSR count). The molecule has 0 saturated heterocycles. The van der Waals surface area contributed by atoms with Gasteiger partial charge >= 0.3 is 5.88 Å². The zero-order valence-corrected chi connectivity index (χ0v) is 9.58. The van der Waals surface area contributed by atoms with E-state index in [0.717, 1.165) is 0 Å². The number of hydrogen-bond donors (Lipinski definition) is 0. The first kappa shape index (κ1) is 12.7. The molecule has 0 fully saturated rings. The number of carbonyl (C=O) groups is 1. The van der Waals surface area contributed by atoms with Crippen molar-refractivity contribution in [2.24, 2.45) is 0 Å². The van der Waals surface area contributed by atoms with Gasteiger partial charge in [-0.2, -0.15) is 0 Å². The normalized spacial score (nSPS) is 10.8. The van der Waals surface area contributed by atoms with Crippen LogP contribution in [0.3, 0.4) is 0 Å². The fourth-order valence-electron chi connectivity index (χ4n) is 1.40. The largest absolute Gasteiger partial charge is 0.433 e. The molecule has 19 heavy (non-hydrogen) atoms. The second kappa shape index (κ2) is 5.26. The number of furan rings is 1. The van der Waals surface area contributed by atoms with Gasteiger partial charge in [-0.1, -0.05) is 0 Å². The van der Waals surface area contributed by atoms with Gasteiger partial charge in [-0.3, -0.25) is 14.9 Å². The summed E-state index contributed by atoms with van der Waals surface area (Å²) in [4.78, 5) is 21.4. The molecule has 1 aromatic heterocycles. The summed E-state index contributed by atoms with van der Waals surface area (Å²) in [6.07, 6.45) is 2.52. The fraction of sp³-hybridized carbons (Fsp3) is 0. The summed E-state index contributed by atoms with van der Waals surface area (Å²) in [5.74, 6) is -0.975. The van der Waals surface area contributed by atoms with Crippen molar-refractivity contribution in [1.82, 2.24) is 0 Å². The average molecular weight is 261 g/mol. The van der Waals surface area contributed by atoms with Crippen molar-refractivity contribution in [2.75, 3.05) is 0 Å². The Hall–Kier alpha value is -2.76. The molecule has 0 atom stereocenters. The van der Waals surface area contributed by atoms with Crippen LogP contribution in [-0.4, -0.2) is 10.7 Å². The Morgan fingerprint density at radius 2 is 1.89 bits per heavy atom. The van der Waals surface area contributed by atoms with E-state index in [1.54, 1.807) is 0 Å². The lowest BCUT2D eigenvalue weighted by molar-refractivity contribution is -0.402. The Kier molecular flexibility index (Phi) is 3.51. The van der Waals surface area contributed by atoms with Crippen LogP contribution in [0, 0.1) is 15.9 Å². The highest BCUT2D eigenvalue weighted by Crippen LogP contribution is 2.17. The van der Waals surface area contributed by atoms with E-state index in [4.69, 9.17) is 4.42 Å². The molecule has 0 aliphatic carbocycles. The Balaban J connectivity index is 2.11. The number of benzene rings is 1. The van der Waals surface area contributed by atoms with Crippen LogP contribution in [0.5, 0.6) is 0 Å². The molecule has 0 saturated carbocycles.